The van der Waals surface area contributed by atoms with E-state index in [0.29, 0.717) is 5.56 Å². The largest absolute Gasteiger partial charge is 0.467 e. The molecule has 0 radical (unpaired) electrons. The fourth-order valence-electron chi connectivity index (χ4n) is 3.62. The summed E-state index contributed by atoms with van der Waals surface area (Å²) in [4.78, 5) is 37.1. The van der Waals surface area contributed by atoms with Crippen LogP contribution in [0.4, 0.5) is 4.39 Å². The molecule has 3 aromatic carbocycles. The summed E-state index contributed by atoms with van der Waals surface area (Å²) in [7, 11) is 1.25. The van der Waals surface area contributed by atoms with Crippen molar-refractivity contribution < 1.29 is 23.5 Å². The van der Waals surface area contributed by atoms with Gasteiger partial charge < -0.3 is 15.4 Å². The average Bonchev–Trinajstić information content (AvgIpc) is 2.84. The molecule has 0 saturated carbocycles. The lowest BCUT2D eigenvalue weighted by molar-refractivity contribution is -0.145. The topological polar surface area (TPSA) is 84.5 Å². The van der Waals surface area contributed by atoms with Crippen molar-refractivity contribution in [1.29, 1.82) is 0 Å². The van der Waals surface area contributed by atoms with Crippen molar-refractivity contribution in [2.45, 2.75) is 31.8 Å². The molecular formula is C27H27FN2O4. The molecule has 34 heavy (non-hydrogen) atoms. The number of halogens is 1. The van der Waals surface area contributed by atoms with Gasteiger partial charge in [0, 0.05) is 19.8 Å². The molecule has 7 heteroatoms. The van der Waals surface area contributed by atoms with Gasteiger partial charge in [0.1, 0.15) is 17.9 Å². The van der Waals surface area contributed by atoms with Crippen LogP contribution in [-0.4, -0.2) is 37.0 Å². The molecule has 0 spiro atoms. The second kappa shape index (κ2) is 11.7. The Kier molecular flexibility index (Phi) is 8.51. The first-order valence-corrected chi connectivity index (χ1v) is 10.9. The van der Waals surface area contributed by atoms with E-state index in [0.717, 1.165) is 16.7 Å². The van der Waals surface area contributed by atoms with Gasteiger partial charge in [-0.25, -0.2) is 9.18 Å². The Balaban J connectivity index is 1.73. The number of methoxy groups -OCH3 is 1. The molecule has 0 fully saturated rings. The van der Waals surface area contributed by atoms with E-state index in [1.54, 1.807) is 12.1 Å². The van der Waals surface area contributed by atoms with E-state index in [1.165, 1.54) is 26.2 Å². The van der Waals surface area contributed by atoms with E-state index >= 15 is 0 Å². The first-order chi connectivity index (χ1) is 16.4. The number of ether oxygens (including phenoxy) is 1. The number of hydrogen-bond acceptors (Lipinski definition) is 4. The van der Waals surface area contributed by atoms with Crippen LogP contribution in [0, 0.1) is 5.82 Å². The number of carbonyl (C=O) groups excluding carboxylic acids is 3. The first-order valence-electron chi connectivity index (χ1n) is 10.9. The fourth-order valence-corrected chi connectivity index (χ4v) is 3.62. The van der Waals surface area contributed by atoms with Crippen LogP contribution in [0.15, 0.2) is 78.9 Å². The van der Waals surface area contributed by atoms with Crippen molar-refractivity contribution in [1.82, 2.24) is 10.6 Å². The van der Waals surface area contributed by atoms with Crippen LogP contribution in [0.3, 0.4) is 0 Å². The van der Waals surface area contributed by atoms with Gasteiger partial charge in [-0.15, -0.1) is 0 Å². The average molecular weight is 463 g/mol. The molecule has 0 unspecified atom stereocenters. The van der Waals surface area contributed by atoms with E-state index in [2.05, 4.69) is 10.6 Å². The number of esters is 1. The van der Waals surface area contributed by atoms with Crippen LogP contribution < -0.4 is 10.6 Å². The number of rotatable bonds is 9. The fraction of sp³-hybridized carbons (Fsp3) is 0.222. The van der Waals surface area contributed by atoms with E-state index < -0.39 is 35.7 Å². The van der Waals surface area contributed by atoms with Crippen LogP contribution in [0.1, 0.15) is 18.1 Å². The quantitative estimate of drug-likeness (QED) is 0.477. The van der Waals surface area contributed by atoms with Crippen molar-refractivity contribution in [3.63, 3.8) is 0 Å². The Bertz CT molecular complexity index is 1120. The molecule has 6 nitrogen and oxygen atoms in total. The van der Waals surface area contributed by atoms with Crippen LogP contribution >= 0.6 is 0 Å². The highest BCUT2D eigenvalue weighted by Gasteiger charge is 2.27. The summed E-state index contributed by atoms with van der Waals surface area (Å²) in [5.41, 5.74) is 3.62. The summed E-state index contributed by atoms with van der Waals surface area (Å²) < 4.78 is 18.1. The van der Waals surface area contributed by atoms with Gasteiger partial charge in [-0.05, 0) is 34.4 Å². The molecule has 0 aromatic heterocycles. The highest BCUT2D eigenvalue weighted by molar-refractivity contribution is 5.90. The SMILES string of the molecule is COC(=O)[C@H](Cc1ccc(-c2ccccc2)cc1)NC(=O)[C@H](Cc1ccc(F)cc1)NC(C)=O. The number of amides is 2. The Hall–Kier alpha value is -4.00. The second-order valence-electron chi connectivity index (χ2n) is 7.94. The Morgan fingerprint density at radius 2 is 1.29 bits per heavy atom. The summed E-state index contributed by atoms with van der Waals surface area (Å²) in [6.07, 6.45) is 0.363. The molecule has 0 aliphatic rings. The molecule has 176 valence electrons. The minimum absolute atomic E-state index is 0.144. The molecule has 2 amide bonds. The number of benzene rings is 3. The van der Waals surface area contributed by atoms with Gasteiger partial charge in [-0.2, -0.15) is 0 Å². The zero-order valence-electron chi connectivity index (χ0n) is 19.1. The van der Waals surface area contributed by atoms with Crippen molar-refractivity contribution in [3.8, 4) is 11.1 Å². The first kappa shape index (κ1) is 24.6. The highest BCUT2D eigenvalue weighted by atomic mass is 19.1. The number of nitrogens with one attached hydrogen (secondary N) is 2. The maximum atomic E-state index is 13.2. The standard InChI is InChI=1S/C27H27FN2O4/c1-18(31)29-24(16-20-10-14-23(28)15-11-20)26(32)30-25(27(33)34-2)17-19-8-12-22(13-9-19)21-6-4-3-5-7-21/h3-15,24-25H,16-17H2,1-2H3,(H,29,31)(H,30,32)/t24-,25-/m0/s1. The molecule has 2 N–H and O–H groups in total. The second-order valence-corrected chi connectivity index (χ2v) is 7.94. The predicted octanol–water partition coefficient (Wildman–Crippen LogP) is 3.44. The summed E-state index contributed by atoms with van der Waals surface area (Å²) in [5, 5.41) is 5.30. The molecule has 0 bridgehead atoms. The lowest BCUT2D eigenvalue weighted by Crippen LogP contribution is -2.53. The van der Waals surface area contributed by atoms with Gasteiger partial charge >= 0.3 is 5.97 Å². The summed E-state index contributed by atoms with van der Waals surface area (Å²) in [5.74, 6) is -1.92. The van der Waals surface area contributed by atoms with Gasteiger partial charge in [0.2, 0.25) is 11.8 Å². The lowest BCUT2D eigenvalue weighted by Gasteiger charge is -2.22. The zero-order valence-corrected chi connectivity index (χ0v) is 19.1. The molecule has 3 aromatic rings. The van der Waals surface area contributed by atoms with Gasteiger partial charge in [-0.3, -0.25) is 9.59 Å². The molecule has 0 aliphatic heterocycles. The summed E-state index contributed by atoms with van der Waals surface area (Å²) in [6, 6.07) is 21.4. The third-order valence-electron chi connectivity index (χ3n) is 5.35. The maximum Gasteiger partial charge on any atom is 0.328 e. The van der Waals surface area contributed by atoms with Gasteiger partial charge in [0.05, 0.1) is 7.11 Å². The van der Waals surface area contributed by atoms with E-state index in [-0.39, 0.29) is 12.8 Å². The van der Waals surface area contributed by atoms with E-state index in [1.807, 2.05) is 54.6 Å². The smallest absolute Gasteiger partial charge is 0.328 e. The van der Waals surface area contributed by atoms with Crippen molar-refractivity contribution in [3.05, 3.63) is 95.8 Å². The summed E-state index contributed by atoms with van der Waals surface area (Å²) >= 11 is 0. The molecular weight excluding hydrogens is 435 g/mol. The van der Waals surface area contributed by atoms with Crippen LogP contribution in [0.5, 0.6) is 0 Å². The number of carbonyl (C=O) groups is 3. The van der Waals surface area contributed by atoms with Crippen molar-refractivity contribution in [2.24, 2.45) is 0 Å². The van der Waals surface area contributed by atoms with Gasteiger partial charge in [0.15, 0.2) is 0 Å². The Morgan fingerprint density at radius 1 is 0.765 bits per heavy atom. The van der Waals surface area contributed by atoms with Gasteiger partial charge in [0.25, 0.3) is 0 Å². The van der Waals surface area contributed by atoms with Crippen LogP contribution in [0.2, 0.25) is 0 Å². The molecule has 3 rings (SSSR count). The predicted molar refractivity (Wildman–Crippen MR) is 127 cm³/mol. The molecule has 0 heterocycles. The molecule has 2 atom stereocenters. The van der Waals surface area contributed by atoms with E-state index in [4.69, 9.17) is 4.74 Å². The normalized spacial score (nSPS) is 12.3. The van der Waals surface area contributed by atoms with Crippen molar-refractivity contribution in [2.75, 3.05) is 7.11 Å². The molecule has 0 saturated heterocycles. The lowest BCUT2D eigenvalue weighted by atomic mass is 10.00. The van der Waals surface area contributed by atoms with Gasteiger partial charge in [-0.1, -0.05) is 66.7 Å². The van der Waals surface area contributed by atoms with Crippen molar-refractivity contribution >= 4 is 17.8 Å². The Labute approximate surface area is 198 Å². The Morgan fingerprint density at radius 3 is 1.85 bits per heavy atom. The van der Waals surface area contributed by atoms with Crippen LogP contribution in [0.25, 0.3) is 11.1 Å². The summed E-state index contributed by atoms with van der Waals surface area (Å²) in [6.45, 7) is 1.30. The highest BCUT2D eigenvalue weighted by Crippen LogP contribution is 2.20. The minimum atomic E-state index is -0.940. The maximum absolute atomic E-state index is 13.2. The third kappa shape index (κ3) is 7.00. The van der Waals surface area contributed by atoms with Crippen LogP contribution in [-0.2, 0) is 32.0 Å². The zero-order chi connectivity index (χ0) is 24.5. The minimum Gasteiger partial charge on any atom is -0.467 e. The van der Waals surface area contributed by atoms with E-state index in [9.17, 15) is 18.8 Å². The number of hydrogen-bond donors (Lipinski definition) is 2. The molecule has 0 aliphatic carbocycles. The third-order valence-corrected chi connectivity index (χ3v) is 5.35. The monoisotopic (exact) mass is 462 g/mol.